The molecule has 0 aromatic rings. The Morgan fingerprint density at radius 3 is 1.16 bits per heavy atom. The maximum atomic E-state index is 6.47. The first-order valence-corrected chi connectivity index (χ1v) is 26.9. The summed E-state index contributed by atoms with van der Waals surface area (Å²) in [7, 11) is -2.55. The predicted octanol–water partition coefficient (Wildman–Crippen LogP) is 12.1. The van der Waals surface area contributed by atoms with Gasteiger partial charge in [-0.1, -0.05) is 116 Å². The molecule has 0 aromatic heterocycles. The van der Waals surface area contributed by atoms with Crippen molar-refractivity contribution in [1.82, 2.24) is 29.2 Å². The van der Waals surface area contributed by atoms with Crippen molar-refractivity contribution in [3.63, 3.8) is 0 Å². The molecule has 0 amide bonds. The molecule has 1 heterocycles. The quantitative estimate of drug-likeness (QED) is 0.166. The van der Waals surface area contributed by atoms with E-state index in [1.165, 1.54) is 193 Å². The Labute approximate surface area is 307 Å². The molecule has 2 atom stereocenters. The van der Waals surface area contributed by atoms with Gasteiger partial charge >= 0.3 is 0 Å². The highest BCUT2D eigenvalue weighted by molar-refractivity contribution is 7.87. The van der Waals surface area contributed by atoms with Crippen LogP contribution in [0.1, 0.15) is 193 Å². The summed E-state index contributed by atoms with van der Waals surface area (Å²) in [6.07, 6.45) is 39.3. The van der Waals surface area contributed by atoms with Gasteiger partial charge in [-0.2, -0.15) is 13.4 Å². The molecule has 9 nitrogen and oxygen atoms in total. The summed E-state index contributed by atoms with van der Waals surface area (Å²) in [5, 5.41) is 18.2. The van der Waals surface area contributed by atoms with Gasteiger partial charge in [-0.25, -0.2) is 0 Å². The lowest BCUT2D eigenvalue weighted by Crippen LogP contribution is -2.50. The SMILES string of the molecule is CN1P(NC2CCCCC2)(NC2CCCCC2)=N[P@](=NC2CCCCC2)(NC2CCCCC2)N(C)[P@@]1(=NC1CCCCC1)NC1CCCCC1. The van der Waals surface area contributed by atoms with Gasteiger partial charge in [0.15, 0.2) is 15.0 Å². The fourth-order valence-corrected chi connectivity index (χ4v) is 25.5. The number of nitrogens with zero attached hydrogens (tertiary/aromatic N) is 5. The summed E-state index contributed by atoms with van der Waals surface area (Å²) in [5.41, 5.74) is 0. The zero-order valence-electron chi connectivity index (χ0n) is 32.3. The van der Waals surface area contributed by atoms with Gasteiger partial charge in [-0.15, -0.1) is 0 Å². The van der Waals surface area contributed by atoms with E-state index in [0.717, 1.165) is 0 Å². The minimum Gasteiger partial charge on any atom is -0.257 e. The highest BCUT2D eigenvalue weighted by atomic mass is 31.3. The summed E-state index contributed by atoms with van der Waals surface area (Å²) in [6, 6.07) is 2.87. The topological polar surface area (TPSA) is 91.7 Å². The highest BCUT2D eigenvalue weighted by Gasteiger charge is 2.54. The molecule has 4 N–H and O–H groups in total. The van der Waals surface area contributed by atoms with Crippen LogP contribution in [0, 0.1) is 0 Å². The largest absolute Gasteiger partial charge is 0.257 e. The molecule has 288 valence electrons. The summed E-state index contributed by atoms with van der Waals surface area (Å²) in [5.74, 6) is 0. The molecular weight excluding hydrogens is 675 g/mol. The van der Waals surface area contributed by atoms with E-state index in [1.807, 2.05) is 0 Å². The molecule has 6 saturated carbocycles. The van der Waals surface area contributed by atoms with E-state index in [1.54, 1.807) is 0 Å². The third kappa shape index (κ3) is 9.27. The van der Waals surface area contributed by atoms with Gasteiger partial charge in [-0.05, 0) is 77.0 Å². The van der Waals surface area contributed by atoms with Gasteiger partial charge in [0.1, 0.15) is 0 Å². The molecule has 6 aliphatic carbocycles. The second-order valence-corrected chi connectivity index (χ2v) is 26.2. The molecule has 0 aromatic carbocycles. The van der Waals surface area contributed by atoms with Gasteiger partial charge in [0.25, 0.3) is 0 Å². The smallest absolute Gasteiger partial charge is 0.217 e. The van der Waals surface area contributed by atoms with Crippen molar-refractivity contribution >= 4 is 22.5 Å². The van der Waals surface area contributed by atoms with E-state index < -0.39 is 22.5 Å². The van der Waals surface area contributed by atoms with E-state index in [2.05, 4.69) is 43.3 Å². The van der Waals surface area contributed by atoms with E-state index >= 15 is 0 Å². The maximum absolute atomic E-state index is 6.47. The number of rotatable bonds is 10. The molecule has 1 aliphatic heterocycles. The van der Waals surface area contributed by atoms with Crippen LogP contribution in [0.5, 0.6) is 0 Å². The Morgan fingerprint density at radius 2 is 0.740 bits per heavy atom. The van der Waals surface area contributed by atoms with Crippen LogP contribution in [-0.2, 0) is 0 Å². The summed E-state index contributed by atoms with van der Waals surface area (Å²) < 4.78 is 24.6. The van der Waals surface area contributed by atoms with Crippen LogP contribution < -0.4 is 20.3 Å². The third-order valence-electron chi connectivity index (χ3n) is 13.5. The van der Waals surface area contributed by atoms with Crippen LogP contribution in [0.15, 0.2) is 14.0 Å². The van der Waals surface area contributed by atoms with Crippen LogP contribution in [0.2, 0.25) is 0 Å². The van der Waals surface area contributed by atoms with Crippen LogP contribution in [-0.4, -0.2) is 59.2 Å². The first-order chi connectivity index (χ1) is 24.5. The fourth-order valence-electron chi connectivity index (χ4n) is 10.5. The lowest BCUT2D eigenvalue weighted by Gasteiger charge is -2.56. The molecule has 6 fully saturated rings. The van der Waals surface area contributed by atoms with Crippen molar-refractivity contribution in [2.24, 2.45) is 14.0 Å². The predicted molar refractivity (Wildman–Crippen MR) is 217 cm³/mol. The molecule has 7 aliphatic rings. The molecule has 0 bridgehead atoms. The standard InChI is InChI=1S/C38H76N9P3/c1-46-48(39-33-21-9-3-10-22-33,40-34-23-11-4-12-24-34)45-49(41-35-25-13-5-14-26-35,42-36-27-15-6-16-28-36)47(2)50(46,43-37-29-17-7-18-30-37)44-38-31-19-8-20-32-38/h33-41,43H,3-32H2,1-2H3/t49-,50-/m1/s1. The zero-order chi connectivity index (χ0) is 34.3. The van der Waals surface area contributed by atoms with Crippen molar-refractivity contribution < 1.29 is 0 Å². The van der Waals surface area contributed by atoms with E-state index in [9.17, 15) is 0 Å². The zero-order valence-corrected chi connectivity index (χ0v) is 34.9. The number of hydrogen-bond donors (Lipinski definition) is 4. The molecule has 12 heteroatoms. The van der Waals surface area contributed by atoms with E-state index in [4.69, 9.17) is 14.0 Å². The Morgan fingerprint density at radius 1 is 0.400 bits per heavy atom. The average molecular weight is 752 g/mol. The van der Waals surface area contributed by atoms with E-state index in [-0.39, 0.29) is 0 Å². The van der Waals surface area contributed by atoms with Crippen molar-refractivity contribution in [3.8, 4) is 0 Å². The molecule has 50 heavy (non-hydrogen) atoms. The van der Waals surface area contributed by atoms with Crippen molar-refractivity contribution in [3.05, 3.63) is 0 Å². The second kappa shape index (κ2) is 18.4. The first kappa shape index (κ1) is 38.7. The number of nitrogens with one attached hydrogen (secondary N) is 4. The Balaban J connectivity index is 1.45. The monoisotopic (exact) mass is 752 g/mol. The first-order valence-electron chi connectivity index (χ1n) is 22.0. The van der Waals surface area contributed by atoms with Gasteiger partial charge in [0, 0.05) is 38.3 Å². The van der Waals surface area contributed by atoms with Crippen molar-refractivity contribution in [2.75, 3.05) is 14.1 Å². The van der Waals surface area contributed by atoms with Crippen LogP contribution in [0.3, 0.4) is 0 Å². The van der Waals surface area contributed by atoms with Crippen LogP contribution in [0.25, 0.3) is 0 Å². The average Bonchev–Trinajstić information content (AvgIpc) is 3.16. The summed E-state index contributed by atoms with van der Waals surface area (Å²) in [6.45, 7) is 0. The Bertz CT molecular complexity index is 1200. The molecule has 0 saturated heterocycles. The summed E-state index contributed by atoms with van der Waals surface area (Å²) in [4.78, 5) is 0. The van der Waals surface area contributed by atoms with Gasteiger partial charge in [0.2, 0.25) is 7.51 Å². The van der Waals surface area contributed by atoms with E-state index in [0.29, 0.717) is 36.3 Å². The Hall–Kier alpha value is 0.450. The lowest BCUT2D eigenvalue weighted by atomic mass is 9.96. The fraction of sp³-hybridized carbons (Fsp3) is 1.00. The number of hydrogen-bond acceptors (Lipinski definition) is 4. The van der Waals surface area contributed by atoms with Crippen molar-refractivity contribution in [1.29, 1.82) is 0 Å². The van der Waals surface area contributed by atoms with Crippen molar-refractivity contribution in [2.45, 2.75) is 229 Å². The minimum atomic E-state index is -2.56. The van der Waals surface area contributed by atoms with Gasteiger partial charge in [-0.3, -0.25) is 29.8 Å². The summed E-state index contributed by atoms with van der Waals surface area (Å²) >= 11 is 0. The van der Waals surface area contributed by atoms with Crippen LogP contribution in [0.4, 0.5) is 0 Å². The van der Waals surface area contributed by atoms with Gasteiger partial charge in [0.05, 0.1) is 12.1 Å². The molecule has 0 unspecified atom stereocenters. The normalized spacial score (nSPS) is 34.4. The van der Waals surface area contributed by atoms with Crippen LogP contribution >= 0.6 is 22.5 Å². The maximum Gasteiger partial charge on any atom is 0.217 e. The molecule has 0 spiro atoms. The Kier molecular flexibility index (Phi) is 14.2. The third-order valence-corrected chi connectivity index (χ3v) is 26.0. The second-order valence-electron chi connectivity index (χ2n) is 17.5. The molecule has 7 rings (SSSR count). The highest BCUT2D eigenvalue weighted by Crippen LogP contribution is 2.81. The minimum absolute atomic E-state index is 0.403. The van der Waals surface area contributed by atoms with Gasteiger partial charge < -0.3 is 0 Å². The lowest BCUT2D eigenvalue weighted by molar-refractivity contribution is 0.389. The molecule has 0 radical (unpaired) electrons. The molecular formula is C38H76N9P3.